The molecule has 194 valence electrons. The van der Waals surface area contributed by atoms with E-state index in [1.807, 2.05) is 44.2 Å². The molecule has 1 amide bonds. The molecule has 0 saturated carbocycles. The zero-order chi connectivity index (χ0) is 27.0. The second-order valence-corrected chi connectivity index (χ2v) is 9.94. The van der Waals surface area contributed by atoms with Crippen LogP contribution in [0.1, 0.15) is 62.0 Å². The molecule has 8 nitrogen and oxygen atoms in total. The van der Waals surface area contributed by atoms with Crippen LogP contribution in [-0.4, -0.2) is 30.1 Å². The molecule has 1 atom stereocenters. The van der Waals surface area contributed by atoms with Gasteiger partial charge in [-0.3, -0.25) is 14.5 Å². The SMILES string of the molecule is C=CCOC(=O)c1sc(N2C(=O)c3oc4ccc(C)cc4c(=O)c3C2c2ccc(OCCC)cc2)nc1C. The van der Waals surface area contributed by atoms with Crippen LogP contribution in [-0.2, 0) is 4.74 Å². The lowest BCUT2D eigenvalue weighted by Crippen LogP contribution is -2.29. The number of hydrogen-bond donors (Lipinski definition) is 0. The Morgan fingerprint density at radius 1 is 1.18 bits per heavy atom. The number of fused-ring (bicyclic) bond motifs is 2. The third-order valence-corrected chi connectivity index (χ3v) is 7.34. The lowest BCUT2D eigenvalue weighted by molar-refractivity contribution is 0.0554. The normalized spacial score (nSPS) is 14.6. The molecule has 0 saturated heterocycles. The van der Waals surface area contributed by atoms with Crippen molar-refractivity contribution in [2.75, 3.05) is 18.1 Å². The van der Waals surface area contributed by atoms with Crippen molar-refractivity contribution in [3.05, 3.63) is 98.4 Å². The molecule has 3 heterocycles. The van der Waals surface area contributed by atoms with Gasteiger partial charge in [-0.15, -0.1) is 0 Å². The number of carbonyl (C=O) groups excluding carboxylic acids is 2. The highest BCUT2D eigenvalue weighted by molar-refractivity contribution is 7.17. The summed E-state index contributed by atoms with van der Waals surface area (Å²) in [7, 11) is 0. The molecular weight excluding hydrogens is 504 g/mol. The van der Waals surface area contributed by atoms with Crippen LogP contribution in [0.4, 0.5) is 5.13 Å². The van der Waals surface area contributed by atoms with E-state index < -0.39 is 17.9 Å². The van der Waals surface area contributed by atoms with E-state index in [4.69, 9.17) is 13.9 Å². The molecule has 1 aliphatic heterocycles. The van der Waals surface area contributed by atoms with Crippen molar-refractivity contribution in [3.8, 4) is 5.75 Å². The first-order valence-electron chi connectivity index (χ1n) is 12.2. The fraction of sp³-hybridized carbons (Fsp3) is 0.241. The first kappa shape index (κ1) is 25.4. The number of aryl methyl sites for hydroxylation is 2. The summed E-state index contributed by atoms with van der Waals surface area (Å²) in [5, 5.41) is 0.663. The molecule has 1 unspecified atom stereocenters. The minimum Gasteiger partial charge on any atom is -0.494 e. The average Bonchev–Trinajstić information content (AvgIpc) is 3.44. The van der Waals surface area contributed by atoms with Gasteiger partial charge in [-0.2, -0.15) is 0 Å². The number of hydrogen-bond acceptors (Lipinski definition) is 8. The van der Waals surface area contributed by atoms with E-state index in [2.05, 4.69) is 11.6 Å². The zero-order valence-corrected chi connectivity index (χ0v) is 22.1. The fourth-order valence-corrected chi connectivity index (χ4v) is 5.43. The summed E-state index contributed by atoms with van der Waals surface area (Å²) in [6.45, 7) is 9.78. The second kappa shape index (κ2) is 10.3. The second-order valence-electron chi connectivity index (χ2n) is 8.97. The van der Waals surface area contributed by atoms with Gasteiger partial charge in [0, 0.05) is 0 Å². The van der Waals surface area contributed by atoms with Crippen LogP contribution in [0.25, 0.3) is 11.0 Å². The highest BCUT2D eigenvalue weighted by Crippen LogP contribution is 2.43. The number of esters is 1. The van der Waals surface area contributed by atoms with Crippen molar-refractivity contribution in [1.82, 2.24) is 4.98 Å². The van der Waals surface area contributed by atoms with Crippen molar-refractivity contribution in [2.45, 2.75) is 33.2 Å². The van der Waals surface area contributed by atoms with Crippen LogP contribution in [0.15, 0.2) is 64.3 Å². The molecule has 2 aromatic carbocycles. The number of anilines is 1. The van der Waals surface area contributed by atoms with Gasteiger partial charge < -0.3 is 13.9 Å². The van der Waals surface area contributed by atoms with Crippen LogP contribution in [0.2, 0.25) is 0 Å². The van der Waals surface area contributed by atoms with Crippen LogP contribution < -0.4 is 15.1 Å². The van der Waals surface area contributed by atoms with Crippen LogP contribution in [0.5, 0.6) is 5.75 Å². The number of nitrogens with zero attached hydrogens (tertiary/aromatic N) is 2. The molecule has 0 radical (unpaired) electrons. The van der Waals surface area contributed by atoms with E-state index in [9.17, 15) is 14.4 Å². The number of ether oxygens (including phenoxy) is 2. The van der Waals surface area contributed by atoms with Crippen LogP contribution in [0.3, 0.4) is 0 Å². The van der Waals surface area contributed by atoms with Gasteiger partial charge in [0.25, 0.3) is 5.91 Å². The van der Waals surface area contributed by atoms with E-state index in [0.717, 1.165) is 23.3 Å². The summed E-state index contributed by atoms with van der Waals surface area (Å²) in [6, 6.07) is 11.7. The molecule has 1 aliphatic rings. The highest BCUT2D eigenvalue weighted by Gasteiger charge is 2.45. The van der Waals surface area contributed by atoms with Gasteiger partial charge in [-0.25, -0.2) is 9.78 Å². The smallest absolute Gasteiger partial charge is 0.350 e. The summed E-state index contributed by atoms with van der Waals surface area (Å²) in [6.07, 6.45) is 2.35. The topological polar surface area (TPSA) is 98.9 Å². The fourth-order valence-electron chi connectivity index (χ4n) is 4.44. The van der Waals surface area contributed by atoms with Gasteiger partial charge in [0.15, 0.2) is 10.6 Å². The number of thiazole rings is 1. The monoisotopic (exact) mass is 530 g/mol. The molecule has 2 aromatic heterocycles. The minimum atomic E-state index is -0.804. The third-order valence-electron chi connectivity index (χ3n) is 6.20. The molecule has 0 bridgehead atoms. The Bertz CT molecular complexity index is 1620. The van der Waals surface area contributed by atoms with E-state index in [1.54, 1.807) is 19.1 Å². The molecular formula is C29H26N2O6S. The van der Waals surface area contributed by atoms with E-state index in [0.29, 0.717) is 34.6 Å². The number of benzene rings is 2. The Morgan fingerprint density at radius 3 is 2.66 bits per heavy atom. The molecule has 38 heavy (non-hydrogen) atoms. The Kier molecular flexibility index (Phi) is 6.86. The summed E-state index contributed by atoms with van der Waals surface area (Å²) in [5.41, 5.74) is 2.29. The largest absolute Gasteiger partial charge is 0.494 e. The number of aromatic nitrogens is 1. The van der Waals surface area contributed by atoms with E-state index >= 15 is 0 Å². The Balaban J connectivity index is 1.67. The standard InChI is InChI=1S/C29H26N2O6S/c1-5-13-35-19-10-8-18(9-11-19)23-22-24(32)20-15-16(3)7-12-21(20)37-25(22)27(33)31(23)29-30-17(4)26(38-29)28(34)36-14-6-2/h6-12,15,23H,2,5,13-14H2,1,3-4H3. The quantitative estimate of drug-likeness (QED) is 0.211. The Labute approximate surface area is 223 Å². The lowest BCUT2D eigenvalue weighted by atomic mass is 9.98. The maximum absolute atomic E-state index is 13.8. The predicted molar refractivity (Wildman–Crippen MR) is 145 cm³/mol. The van der Waals surface area contributed by atoms with Crippen molar-refractivity contribution >= 4 is 39.3 Å². The van der Waals surface area contributed by atoms with Crippen molar-refractivity contribution < 1.29 is 23.5 Å². The van der Waals surface area contributed by atoms with Gasteiger partial charge in [0.05, 0.1) is 29.3 Å². The van der Waals surface area contributed by atoms with Gasteiger partial charge in [-0.1, -0.05) is 54.7 Å². The molecule has 0 fully saturated rings. The van der Waals surface area contributed by atoms with Gasteiger partial charge in [0.1, 0.15) is 22.8 Å². The molecule has 5 rings (SSSR count). The first-order valence-corrected chi connectivity index (χ1v) is 13.0. The zero-order valence-electron chi connectivity index (χ0n) is 21.3. The molecule has 0 aliphatic carbocycles. The van der Waals surface area contributed by atoms with Gasteiger partial charge in [0.2, 0.25) is 5.76 Å². The van der Waals surface area contributed by atoms with E-state index in [1.165, 1.54) is 11.0 Å². The Hall–Kier alpha value is -4.24. The van der Waals surface area contributed by atoms with Crippen molar-refractivity contribution in [2.24, 2.45) is 0 Å². The van der Waals surface area contributed by atoms with Crippen LogP contribution >= 0.6 is 11.3 Å². The molecule has 0 spiro atoms. The highest BCUT2D eigenvalue weighted by atomic mass is 32.1. The third kappa shape index (κ3) is 4.39. The maximum Gasteiger partial charge on any atom is 0.350 e. The molecule has 9 heteroatoms. The maximum atomic E-state index is 13.8. The molecule has 4 aromatic rings. The number of carbonyl (C=O) groups is 2. The van der Waals surface area contributed by atoms with Crippen LogP contribution in [0, 0.1) is 13.8 Å². The number of amides is 1. The number of rotatable bonds is 8. The average molecular weight is 531 g/mol. The van der Waals surface area contributed by atoms with Gasteiger partial charge >= 0.3 is 5.97 Å². The van der Waals surface area contributed by atoms with Crippen molar-refractivity contribution in [3.63, 3.8) is 0 Å². The van der Waals surface area contributed by atoms with Crippen molar-refractivity contribution in [1.29, 1.82) is 0 Å². The summed E-state index contributed by atoms with van der Waals surface area (Å²) in [4.78, 5) is 46.5. The Morgan fingerprint density at radius 2 is 1.95 bits per heavy atom. The van der Waals surface area contributed by atoms with Gasteiger partial charge in [-0.05, 0) is 50.1 Å². The molecule has 0 N–H and O–H groups in total. The minimum absolute atomic E-state index is 0.0358. The summed E-state index contributed by atoms with van der Waals surface area (Å²) >= 11 is 1.03. The lowest BCUT2D eigenvalue weighted by Gasteiger charge is -2.22. The van der Waals surface area contributed by atoms with E-state index in [-0.39, 0.29) is 33.4 Å². The predicted octanol–water partition coefficient (Wildman–Crippen LogP) is 5.75. The summed E-state index contributed by atoms with van der Waals surface area (Å²) in [5.74, 6) is -0.410. The first-order chi connectivity index (χ1) is 18.3. The summed E-state index contributed by atoms with van der Waals surface area (Å²) < 4.78 is 16.9.